The highest BCUT2D eigenvalue weighted by Crippen LogP contribution is 2.54. The molecule has 0 atom stereocenters. The van der Waals surface area contributed by atoms with E-state index in [4.69, 9.17) is 9.47 Å². The lowest BCUT2D eigenvalue weighted by molar-refractivity contribution is 0.0376. The van der Waals surface area contributed by atoms with Gasteiger partial charge in [-0.3, -0.25) is 0 Å². The number of nitrogens with zero attached hydrogens (tertiary/aromatic N) is 1. The van der Waals surface area contributed by atoms with E-state index in [-0.39, 0.29) is 0 Å². The number of fused-ring (bicyclic) bond motifs is 4. The molecular weight excluding hydrogens is 334 g/mol. The van der Waals surface area contributed by atoms with Gasteiger partial charge in [-0.2, -0.15) is 0 Å². The molecule has 0 aromatic rings. The van der Waals surface area contributed by atoms with Gasteiger partial charge in [0.1, 0.15) is 0 Å². The molecule has 3 heteroatoms. The summed E-state index contributed by atoms with van der Waals surface area (Å²) in [5.74, 6) is 2.07. The molecule has 0 N–H and O–H groups in total. The maximum absolute atomic E-state index is 6.11. The molecule has 0 unspecified atom stereocenters. The van der Waals surface area contributed by atoms with Crippen molar-refractivity contribution in [1.29, 1.82) is 0 Å². The van der Waals surface area contributed by atoms with Gasteiger partial charge in [-0.1, -0.05) is 6.92 Å². The van der Waals surface area contributed by atoms with E-state index in [9.17, 15) is 0 Å². The summed E-state index contributed by atoms with van der Waals surface area (Å²) in [6, 6.07) is 0. The summed E-state index contributed by atoms with van der Waals surface area (Å²) in [5, 5.41) is 0. The first-order valence-corrected chi connectivity index (χ1v) is 12.1. The minimum atomic E-state index is 0.588. The van der Waals surface area contributed by atoms with Crippen LogP contribution in [0.15, 0.2) is 0 Å². The molecule has 3 nitrogen and oxygen atoms in total. The van der Waals surface area contributed by atoms with Gasteiger partial charge in [0.05, 0.1) is 13.2 Å². The van der Waals surface area contributed by atoms with Crippen molar-refractivity contribution in [2.24, 2.45) is 22.7 Å². The van der Waals surface area contributed by atoms with Gasteiger partial charge >= 0.3 is 0 Å². The van der Waals surface area contributed by atoms with Gasteiger partial charge in [-0.15, -0.1) is 0 Å². The molecule has 0 aromatic heterocycles. The summed E-state index contributed by atoms with van der Waals surface area (Å²) in [6.45, 7) is 9.76. The van der Waals surface area contributed by atoms with Crippen molar-refractivity contribution in [1.82, 2.24) is 4.90 Å². The maximum atomic E-state index is 6.11. The van der Waals surface area contributed by atoms with Crippen LogP contribution in [0.2, 0.25) is 0 Å². The highest BCUT2D eigenvalue weighted by atomic mass is 16.5. The van der Waals surface area contributed by atoms with Crippen molar-refractivity contribution < 1.29 is 9.47 Å². The zero-order valence-corrected chi connectivity index (χ0v) is 17.9. The Kier molecular flexibility index (Phi) is 6.82. The van der Waals surface area contributed by atoms with E-state index < -0.39 is 0 Å². The van der Waals surface area contributed by atoms with Crippen LogP contribution in [0.1, 0.15) is 84.0 Å². The third-order valence-electron chi connectivity index (χ3n) is 8.56. The Morgan fingerprint density at radius 1 is 0.741 bits per heavy atom. The molecule has 0 heterocycles. The summed E-state index contributed by atoms with van der Waals surface area (Å²) in [7, 11) is 0. The minimum Gasteiger partial charge on any atom is -0.381 e. The Labute approximate surface area is 167 Å². The predicted octanol–water partition coefficient (Wildman–Crippen LogP) is 5.28. The molecule has 4 rings (SSSR count). The van der Waals surface area contributed by atoms with Gasteiger partial charge in [-0.25, -0.2) is 0 Å². The molecule has 4 fully saturated rings. The first kappa shape index (κ1) is 20.2. The van der Waals surface area contributed by atoms with Gasteiger partial charge in [0.2, 0.25) is 0 Å². The van der Waals surface area contributed by atoms with Crippen LogP contribution in [-0.2, 0) is 9.47 Å². The quantitative estimate of drug-likeness (QED) is 0.407. The van der Waals surface area contributed by atoms with E-state index in [1.807, 2.05) is 0 Å². The van der Waals surface area contributed by atoms with Gasteiger partial charge < -0.3 is 14.4 Å². The zero-order valence-electron chi connectivity index (χ0n) is 17.9. The molecule has 27 heavy (non-hydrogen) atoms. The minimum absolute atomic E-state index is 0.588. The second-order valence-electron chi connectivity index (χ2n) is 10.5. The third-order valence-corrected chi connectivity index (χ3v) is 8.56. The Hall–Kier alpha value is -0.120. The van der Waals surface area contributed by atoms with Crippen molar-refractivity contribution in [2.45, 2.75) is 84.0 Å². The van der Waals surface area contributed by atoms with Crippen LogP contribution >= 0.6 is 0 Å². The summed E-state index contributed by atoms with van der Waals surface area (Å²) in [4.78, 5) is 2.58. The van der Waals surface area contributed by atoms with Crippen LogP contribution < -0.4 is 0 Å². The first-order chi connectivity index (χ1) is 13.2. The summed E-state index contributed by atoms with van der Waals surface area (Å²) in [5.41, 5.74) is 1.18. The molecule has 4 aliphatic rings. The highest BCUT2D eigenvalue weighted by molar-refractivity contribution is 4.96. The number of ether oxygens (including phenoxy) is 2. The van der Waals surface area contributed by atoms with Gasteiger partial charge in [-0.05, 0) is 106 Å². The molecule has 0 saturated heterocycles. The van der Waals surface area contributed by atoms with Crippen LogP contribution in [0.3, 0.4) is 0 Å². The largest absolute Gasteiger partial charge is 0.381 e. The van der Waals surface area contributed by atoms with E-state index in [2.05, 4.69) is 11.8 Å². The lowest BCUT2D eigenvalue weighted by atomic mass is 9.85. The normalized spacial score (nSPS) is 37.1. The second-order valence-corrected chi connectivity index (χ2v) is 10.5. The molecule has 0 aliphatic heterocycles. The molecule has 0 aromatic carbocycles. The van der Waals surface area contributed by atoms with E-state index >= 15 is 0 Å². The lowest BCUT2D eigenvalue weighted by Crippen LogP contribution is -2.28. The smallest absolute Gasteiger partial charge is 0.0522 e. The molecule has 0 spiro atoms. The average Bonchev–Trinajstić information content (AvgIpc) is 3.46. The summed E-state index contributed by atoms with van der Waals surface area (Å²) >= 11 is 0. The summed E-state index contributed by atoms with van der Waals surface area (Å²) in [6.07, 6.45) is 16.9. The van der Waals surface area contributed by atoms with Crippen molar-refractivity contribution in [2.75, 3.05) is 46.1 Å². The SMILES string of the molecule is CCN(CCCOCC12CCC(CC1)C2)CCCOCC12CCC(CC1)C2. The third kappa shape index (κ3) is 5.08. The van der Waals surface area contributed by atoms with Crippen LogP contribution in [0.25, 0.3) is 0 Å². The van der Waals surface area contributed by atoms with Crippen molar-refractivity contribution in [3.05, 3.63) is 0 Å². The van der Waals surface area contributed by atoms with E-state index in [1.165, 1.54) is 90.1 Å². The van der Waals surface area contributed by atoms with E-state index in [0.29, 0.717) is 10.8 Å². The van der Waals surface area contributed by atoms with E-state index in [0.717, 1.165) is 44.8 Å². The van der Waals surface area contributed by atoms with Crippen molar-refractivity contribution in [3.8, 4) is 0 Å². The van der Waals surface area contributed by atoms with Crippen LogP contribution in [-0.4, -0.2) is 51.0 Å². The molecular formula is C24H43NO2. The standard InChI is InChI=1S/C24H43NO2/c1-2-25(13-3-15-26-19-23-9-5-21(17-23)6-10-23)14-4-16-27-20-24-11-7-22(18-24)8-12-24/h21-22H,2-20H2,1H3. The number of hydrogen-bond donors (Lipinski definition) is 0. The van der Waals surface area contributed by atoms with Gasteiger partial charge in [0.25, 0.3) is 0 Å². The molecule has 4 bridgehead atoms. The van der Waals surface area contributed by atoms with Gasteiger partial charge in [0, 0.05) is 26.3 Å². The Morgan fingerprint density at radius 2 is 1.19 bits per heavy atom. The molecule has 0 amide bonds. The van der Waals surface area contributed by atoms with Crippen molar-refractivity contribution in [3.63, 3.8) is 0 Å². The second kappa shape index (κ2) is 9.13. The molecule has 156 valence electrons. The average molecular weight is 378 g/mol. The van der Waals surface area contributed by atoms with E-state index in [1.54, 1.807) is 0 Å². The number of rotatable bonds is 13. The fourth-order valence-corrected chi connectivity index (χ4v) is 6.81. The fourth-order valence-electron chi connectivity index (χ4n) is 6.81. The first-order valence-electron chi connectivity index (χ1n) is 12.1. The molecule has 4 aliphatic carbocycles. The predicted molar refractivity (Wildman–Crippen MR) is 111 cm³/mol. The molecule has 4 saturated carbocycles. The van der Waals surface area contributed by atoms with Crippen LogP contribution in [0, 0.1) is 22.7 Å². The monoisotopic (exact) mass is 377 g/mol. The topological polar surface area (TPSA) is 21.7 Å². The zero-order chi connectivity index (χ0) is 18.6. The highest BCUT2D eigenvalue weighted by Gasteiger charge is 2.45. The summed E-state index contributed by atoms with van der Waals surface area (Å²) < 4.78 is 12.2. The van der Waals surface area contributed by atoms with Gasteiger partial charge in [0.15, 0.2) is 0 Å². The van der Waals surface area contributed by atoms with Crippen LogP contribution in [0.4, 0.5) is 0 Å². The van der Waals surface area contributed by atoms with Crippen LogP contribution in [0.5, 0.6) is 0 Å². The Balaban J connectivity index is 1.01. The molecule has 0 radical (unpaired) electrons. The lowest BCUT2D eigenvalue weighted by Gasteiger charge is -2.27. The Bertz CT molecular complexity index is 409. The maximum Gasteiger partial charge on any atom is 0.0522 e. The van der Waals surface area contributed by atoms with Crippen molar-refractivity contribution >= 4 is 0 Å². The fraction of sp³-hybridized carbons (Fsp3) is 1.00. The Morgan fingerprint density at radius 3 is 1.52 bits per heavy atom. The number of hydrogen-bond acceptors (Lipinski definition) is 3.